The first kappa shape index (κ1) is 14.6. The molecule has 0 amide bonds. The molecule has 0 fully saturated rings. The van der Waals surface area contributed by atoms with Crippen molar-refractivity contribution in [3.05, 3.63) is 68.9 Å². The van der Waals surface area contributed by atoms with E-state index in [1.165, 1.54) is 23.8 Å². The van der Waals surface area contributed by atoms with Gasteiger partial charge in [-0.3, -0.25) is 9.36 Å². The molecule has 0 spiro atoms. The van der Waals surface area contributed by atoms with Crippen LogP contribution in [0.4, 0.5) is 13.2 Å². The predicted molar refractivity (Wildman–Crippen MR) is 77.0 cm³/mol. The number of fused-ring (bicyclic) bond motifs is 1. The van der Waals surface area contributed by atoms with Gasteiger partial charge in [0.05, 0.1) is 11.1 Å². The average molecular weight is 325 g/mol. The molecule has 3 aromatic rings. The van der Waals surface area contributed by atoms with Gasteiger partial charge in [-0.25, -0.2) is 18.2 Å². The Kier molecular flexibility index (Phi) is 3.41. The van der Waals surface area contributed by atoms with Crippen molar-refractivity contribution >= 4 is 22.6 Å². The van der Waals surface area contributed by atoms with Crippen LogP contribution in [0.5, 0.6) is 0 Å². The lowest BCUT2D eigenvalue weighted by atomic mass is 10.1. The summed E-state index contributed by atoms with van der Waals surface area (Å²) in [4.78, 5) is 15.8. The first-order valence-electron chi connectivity index (χ1n) is 6.22. The lowest BCUT2D eigenvalue weighted by molar-refractivity contribution is 0.578. The van der Waals surface area contributed by atoms with Crippen LogP contribution in [0.3, 0.4) is 0 Å². The largest absolute Gasteiger partial charge is 0.298 e. The Balaban J connectivity index is 2.46. The molecular weight excluding hydrogens is 317 g/mol. The molecule has 0 aliphatic carbocycles. The van der Waals surface area contributed by atoms with Crippen LogP contribution in [0.15, 0.2) is 35.3 Å². The van der Waals surface area contributed by atoms with E-state index >= 15 is 0 Å². The van der Waals surface area contributed by atoms with Crippen molar-refractivity contribution < 1.29 is 13.2 Å². The fourth-order valence-corrected chi connectivity index (χ4v) is 2.49. The van der Waals surface area contributed by atoms with Gasteiger partial charge in [0.25, 0.3) is 0 Å². The molecule has 0 saturated carbocycles. The number of pyridine rings is 2. The van der Waals surface area contributed by atoms with Crippen molar-refractivity contribution in [1.29, 1.82) is 0 Å². The first-order valence-corrected chi connectivity index (χ1v) is 6.60. The summed E-state index contributed by atoms with van der Waals surface area (Å²) in [6, 6.07) is 4.13. The normalized spacial score (nSPS) is 11.1. The second-order valence-corrected chi connectivity index (χ2v) is 5.04. The third-order valence-corrected chi connectivity index (χ3v) is 3.58. The third-order valence-electron chi connectivity index (χ3n) is 3.33. The summed E-state index contributed by atoms with van der Waals surface area (Å²) < 4.78 is 42.1. The van der Waals surface area contributed by atoms with Crippen LogP contribution in [0, 0.1) is 24.4 Å². The van der Waals surface area contributed by atoms with E-state index in [-0.39, 0.29) is 22.3 Å². The second kappa shape index (κ2) is 5.14. The van der Waals surface area contributed by atoms with Crippen LogP contribution in [0.2, 0.25) is 5.15 Å². The standard InChI is InChI=1S/C15H8ClF3N2O/c1-7-12-11(22)4-5-21(15(12)20-14(16)13(7)19)10-3-2-8(17)6-9(10)18/h2-6H,1H3. The van der Waals surface area contributed by atoms with E-state index in [2.05, 4.69) is 4.98 Å². The van der Waals surface area contributed by atoms with Crippen LogP contribution in [-0.4, -0.2) is 9.55 Å². The van der Waals surface area contributed by atoms with E-state index in [1.807, 2.05) is 0 Å². The van der Waals surface area contributed by atoms with Gasteiger partial charge in [-0.2, -0.15) is 0 Å². The van der Waals surface area contributed by atoms with Crippen molar-refractivity contribution in [2.45, 2.75) is 6.92 Å². The Hall–Kier alpha value is -2.34. The summed E-state index contributed by atoms with van der Waals surface area (Å²) in [7, 11) is 0. The zero-order valence-electron chi connectivity index (χ0n) is 11.2. The highest BCUT2D eigenvalue weighted by Crippen LogP contribution is 2.25. The minimum Gasteiger partial charge on any atom is -0.298 e. The number of aromatic nitrogens is 2. The van der Waals surface area contributed by atoms with Gasteiger partial charge >= 0.3 is 0 Å². The van der Waals surface area contributed by atoms with Crippen LogP contribution in [0.25, 0.3) is 16.7 Å². The summed E-state index contributed by atoms with van der Waals surface area (Å²) in [5.74, 6) is -2.38. The summed E-state index contributed by atoms with van der Waals surface area (Å²) in [6.45, 7) is 1.39. The number of nitrogens with zero attached hydrogens (tertiary/aromatic N) is 2. The number of hydrogen-bond acceptors (Lipinski definition) is 2. The Morgan fingerprint density at radius 1 is 1.18 bits per heavy atom. The Morgan fingerprint density at radius 2 is 1.91 bits per heavy atom. The molecule has 7 heteroatoms. The van der Waals surface area contributed by atoms with Crippen molar-refractivity contribution in [2.24, 2.45) is 0 Å². The smallest absolute Gasteiger partial charge is 0.191 e. The Bertz CT molecular complexity index is 969. The maximum Gasteiger partial charge on any atom is 0.191 e. The summed E-state index contributed by atoms with van der Waals surface area (Å²) in [5.41, 5.74) is -0.464. The van der Waals surface area contributed by atoms with E-state index in [0.29, 0.717) is 6.07 Å². The van der Waals surface area contributed by atoms with Gasteiger partial charge in [0.1, 0.15) is 11.6 Å². The van der Waals surface area contributed by atoms with Crippen molar-refractivity contribution in [1.82, 2.24) is 9.55 Å². The van der Waals surface area contributed by atoms with Crippen LogP contribution in [-0.2, 0) is 0 Å². The molecular formula is C15H8ClF3N2O. The highest BCUT2D eigenvalue weighted by molar-refractivity contribution is 6.30. The highest BCUT2D eigenvalue weighted by atomic mass is 35.5. The van der Waals surface area contributed by atoms with Gasteiger partial charge in [0.2, 0.25) is 0 Å². The van der Waals surface area contributed by atoms with E-state index < -0.39 is 28.0 Å². The molecule has 0 atom stereocenters. The number of rotatable bonds is 1. The summed E-state index contributed by atoms with van der Waals surface area (Å²) in [6.07, 6.45) is 1.28. The van der Waals surface area contributed by atoms with Gasteiger partial charge in [0, 0.05) is 23.9 Å². The molecule has 0 N–H and O–H groups in total. The highest BCUT2D eigenvalue weighted by Gasteiger charge is 2.17. The fraction of sp³-hybridized carbons (Fsp3) is 0.0667. The number of hydrogen-bond donors (Lipinski definition) is 0. The van der Waals surface area contributed by atoms with Gasteiger partial charge in [-0.05, 0) is 19.1 Å². The fourth-order valence-electron chi connectivity index (χ4n) is 2.27. The molecule has 0 radical (unpaired) electrons. The lowest BCUT2D eigenvalue weighted by Gasteiger charge is -2.13. The SMILES string of the molecule is Cc1c(F)c(Cl)nc2c1c(=O)ccn2-c1ccc(F)cc1F. The van der Waals surface area contributed by atoms with Gasteiger partial charge in [-0.1, -0.05) is 11.6 Å². The van der Waals surface area contributed by atoms with Crippen LogP contribution >= 0.6 is 11.6 Å². The van der Waals surface area contributed by atoms with Crippen molar-refractivity contribution in [3.8, 4) is 5.69 Å². The van der Waals surface area contributed by atoms with E-state index in [4.69, 9.17) is 11.6 Å². The molecule has 2 aromatic heterocycles. The average Bonchev–Trinajstić information content (AvgIpc) is 2.46. The van der Waals surface area contributed by atoms with E-state index in [0.717, 1.165) is 12.1 Å². The zero-order valence-corrected chi connectivity index (χ0v) is 12.0. The Labute approximate surface area is 127 Å². The van der Waals surface area contributed by atoms with Crippen molar-refractivity contribution in [2.75, 3.05) is 0 Å². The van der Waals surface area contributed by atoms with Gasteiger partial charge in [0.15, 0.2) is 22.0 Å². The van der Waals surface area contributed by atoms with Gasteiger partial charge < -0.3 is 0 Å². The maximum atomic E-state index is 14.0. The molecule has 0 unspecified atom stereocenters. The van der Waals surface area contributed by atoms with Gasteiger partial charge in [-0.15, -0.1) is 0 Å². The molecule has 22 heavy (non-hydrogen) atoms. The molecule has 3 nitrogen and oxygen atoms in total. The molecule has 0 aliphatic rings. The molecule has 1 aromatic carbocycles. The number of aryl methyl sites for hydroxylation is 1. The molecule has 0 bridgehead atoms. The molecule has 0 saturated heterocycles. The summed E-state index contributed by atoms with van der Waals surface area (Å²) in [5, 5.41) is -0.431. The molecule has 112 valence electrons. The molecule has 3 rings (SSSR count). The Morgan fingerprint density at radius 3 is 2.59 bits per heavy atom. The topological polar surface area (TPSA) is 34.9 Å². The minimum absolute atomic E-state index is 0.00177. The maximum absolute atomic E-state index is 14.0. The number of benzene rings is 1. The quantitative estimate of drug-likeness (QED) is 0.639. The van der Waals surface area contributed by atoms with Crippen LogP contribution in [0.1, 0.15) is 5.56 Å². The molecule has 0 aliphatic heterocycles. The van der Waals surface area contributed by atoms with E-state index in [1.54, 1.807) is 0 Å². The van der Waals surface area contributed by atoms with Crippen molar-refractivity contribution in [3.63, 3.8) is 0 Å². The predicted octanol–water partition coefficient (Wildman–Crippen LogP) is 3.76. The second-order valence-electron chi connectivity index (χ2n) is 4.69. The molecule has 2 heterocycles. The zero-order chi connectivity index (χ0) is 16.0. The third kappa shape index (κ3) is 2.16. The minimum atomic E-state index is -0.843. The lowest BCUT2D eigenvalue weighted by Crippen LogP contribution is -2.12. The van der Waals surface area contributed by atoms with E-state index in [9.17, 15) is 18.0 Å². The summed E-state index contributed by atoms with van der Waals surface area (Å²) >= 11 is 5.71. The first-order chi connectivity index (χ1) is 10.4. The van der Waals surface area contributed by atoms with Crippen LogP contribution < -0.4 is 5.43 Å². The number of halogens is 4. The monoisotopic (exact) mass is 324 g/mol.